The minimum Gasteiger partial charge on any atom is -0.378 e. The van der Waals surface area contributed by atoms with E-state index in [4.69, 9.17) is 10.5 Å². The van der Waals surface area contributed by atoms with Crippen LogP contribution in [0.5, 0.6) is 0 Å². The Bertz CT molecular complexity index is 827. The minimum absolute atomic E-state index is 0. The molecule has 2 aromatic rings. The number of hydrazine groups is 1. The second-order valence-corrected chi connectivity index (χ2v) is 7.48. The van der Waals surface area contributed by atoms with Crippen molar-refractivity contribution in [1.29, 1.82) is 0 Å². The van der Waals surface area contributed by atoms with Crippen LogP contribution < -0.4 is 27.2 Å². The van der Waals surface area contributed by atoms with Gasteiger partial charge in [-0.1, -0.05) is 12.1 Å². The Kier molecular flexibility index (Phi) is 5.96. The van der Waals surface area contributed by atoms with Crippen LogP contribution in [0.2, 0.25) is 0 Å². The van der Waals surface area contributed by atoms with E-state index in [1.165, 1.54) is 17.4 Å². The Morgan fingerprint density at radius 1 is 1.15 bits per heavy atom. The van der Waals surface area contributed by atoms with Crippen molar-refractivity contribution < 1.29 is 9.13 Å². The Morgan fingerprint density at radius 3 is 2.52 bits per heavy atom. The molecule has 0 amide bonds. The number of nitrogens with two attached hydrogens (primary N) is 1. The Balaban J connectivity index is 0.00000210. The second-order valence-electron chi connectivity index (χ2n) is 6.23. The van der Waals surface area contributed by atoms with Crippen LogP contribution in [-0.2, 0) is 10.5 Å². The molecule has 7 nitrogen and oxygen atoms in total. The first-order valence-corrected chi connectivity index (χ1v) is 9.43. The highest BCUT2D eigenvalue weighted by atomic mass is 127. The summed E-state index contributed by atoms with van der Waals surface area (Å²) in [5, 5.41) is 1.52. The lowest BCUT2D eigenvalue weighted by Gasteiger charge is -2.30. The number of ether oxygens (including phenoxy) is 1. The summed E-state index contributed by atoms with van der Waals surface area (Å²) >= 11 is 2.07. The number of hydrogen-bond donors (Lipinski definition) is 3. The quantitative estimate of drug-likeness (QED) is 0.580. The first-order valence-electron chi connectivity index (χ1n) is 8.35. The standard InChI is InChI=1S/C18H19FIN5O.H3N/c19-16-11-14(20)3-6-17(16)25-12-22-18(21,23-25)13-1-4-15(5-2-13)24-7-9-26-10-8-24;/h1-6,11-12,23H,7-10,21H2;1H3. The molecule has 0 aromatic heterocycles. The van der Waals surface area contributed by atoms with Crippen LogP contribution in [-0.4, -0.2) is 32.6 Å². The molecule has 1 atom stereocenters. The molecule has 4 rings (SSSR count). The van der Waals surface area contributed by atoms with E-state index < -0.39 is 5.79 Å². The maximum Gasteiger partial charge on any atom is 0.207 e. The van der Waals surface area contributed by atoms with E-state index >= 15 is 0 Å². The Morgan fingerprint density at radius 2 is 1.85 bits per heavy atom. The minimum atomic E-state index is -1.13. The predicted molar refractivity (Wildman–Crippen MR) is 114 cm³/mol. The average molecular weight is 484 g/mol. The van der Waals surface area contributed by atoms with Crippen LogP contribution in [0.15, 0.2) is 47.5 Å². The summed E-state index contributed by atoms with van der Waals surface area (Å²) < 4.78 is 20.4. The smallest absolute Gasteiger partial charge is 0.207 e. The molecule has 0 aliphatic carbocycles. The molecule has 144 valence electrons. The zero-order valence-electron chi connectivity index (χ0n) is 14.7. The van der Waals surface area contributed by atoms with Crippen LogP contribution in [0, 0.1) is 9.39 Å². The third kappa shape index (κ3) is 4.06. The van der Waals surface area contributed by atoms with Crippen molar-refractivity contribution in [2.24, 2.45) is 10.7 Å². The van der Waals surface area contributed by atoms with Crippen molar-refractivity contribution in [3.05, 3.63) is 57.4 Å². The summed E-state index contributed by atoms with van der Waals surface area (Å²) in [6, 6.07) is 13.0. The fourth-order valence-corrected chi connectivity index (χ4v) is 3.53. The summed E-state index contributed by atoms with van der Waals surface area (Å²) in [5.74, 6) is -1.46. The van der Waals surface area contributed by atoms with Gasteiger partial charge in [-0.15, -0.1) is 0 Å². The Labute approximate surface area is 171 Å². The Hall–Kier alpha value is -1.79. The molecule has 1 unspecified atom stereocenters. The monoisotopic (exact) mass is 484 g/mol. The molecule has 1 saturated heterocycles. The van der Waals surface area contributed by atoms with Gasteiger partial charge in [-0.25, -0.2) is 9.38 Å². The molecule has 27 heavy (non-hydrogen) atoms. The molecule has 2 heterocycles. The van der Waals surface area contributed by atoms with Gasteiger partial charge >= 0.3 is 0 Å². The third-order valence-electron chi connectivity index (χ3n) is 4.52. The van der Waals surface area contributed by atoms with Crippen LogP contribution in [0.1, 0.15) is 5.56 Å². The number of nitrogens with one attached hydrogen (secondary N) is 1. The fourth-order valence-electron chi connectivity index (χ4n) is 3.08. The van der Waals surface area contributed by atoms with Gasteiger partial charge in [0.05, 0.1) is 18.9 Å². The van der Waals surface area contributed by atoms with Gasteiger partial charge in [-0.3, -0.25) is 10.7 Å². The molecule has 2 aliphatic heterocycles. The molecule has 9 heteroatoms. The summed E-state index contributed by atoms with van der Waals surface area (Å²) in [5.41, 5.74) is 11.8. The fraction of sp³-hybridized carbons (Fsp3) is 0.278. The molecule has 2 aromatic carbocycles. The van der Waals surface area contributed by atoms with Gasteiger partial charge in [0.1, 0.15) is 12.2 Å². The number of aliphatic imine (C=N–C) groups is 1. The number of anilines is 2. The second kappa shape index (κ2) is 8.07. The number of hydrogen-bond acceptors (Lipinski definition) is 7. The molecule has 0 radical (unpaired) electrons. The average Bonchev–Trinajstić information content (AvgIpc) is 3.06. The van der Waals surface area contributed by atoms with Gasteiger partial charge in [0.25, 0.3) is 0 Å². The summed E-state index contributed by atoms with van der Waals surface area (Å²) in [7, 11) is 0. The molecular formula is C18H22FIN6O. The summed E-state index contributed by atoms with van der Waals surface area (Å²) in [6.07, 6.45) is 1.52. The lowest BCUT2D eigenvalue weighted by atomic mass is 10.1. The topological polar surface area (TPSA) is 101 Å². The van der Waals surface area contributed by atoms with Crippen molar-refractivity contribution in [3.8, 4) is 0 Å². The molecule has 0 spiro atoms. The highest BCUT2D eigenvalue weighted by Crippen LogP contribution is 2.28. The van der Waals surface area contributed by atoms with Gasteiger partial charge in [0.15, 0.2) is 0 Å². The first-order chi connectivity index (χ1) is 12.5. The number of halogens is 2. The summed E-state index contributed by atoms with van der Waals surface area (Å²) in [6.45, 7) is 3.24. The highest BCUT2D eigenvalue weighted by molar-refractivity contribution is 14.1. The maximum absolute atomic E-state index is 14.2. The predicted octanol–water partition coefficient (Wildman–Crippen LogP) is 2.55. The van der Waals surface area contributed by atoms with E-state index in [9.17, 15) is 4.39 Å². The van der Waals surface area contributed by atoms with Gasteiger partial charge in [0.2, 0.25) is 5.79 Å². The van der Waals surface area contributed by atoms with Crippen LogP contribution in [0.3, 0.4) is 0 Å². The number of morpholine rings is 1. The van der Waals surface area contributed by atoms with Gasteiger partial charge in [0, 0.05) is 27.9 Å². The van der Waals surface area contributed by atoms with Crippen molar-refractivity contribution >= 4 is 40.3 Å². The van der Waals surface area contributed by atoms with E-state index in [0.717, 1.165) is 41.1 Å². The van der Waals surface area contributed by atoms with E-state index in [1.54, 1.807) is 6.07 Å². The van der Waals surface area contributed by atoms with Crippen molar-refractivity contribution in [2.45, 2.75) is 5.79 Å². The van der Waals surface area contributed by atoms with E-state index in [-0.39, 0.29) is 12.0 Å². The number of nitrogens with zero attached hydrogens (tertiary/aromatic N) is 3. The molecular weight excluding hydrogens is 462 g/mol. The van der Waals surface area contributed by atoms with E-state index in [0.29, 0.717) is 5.69 Å². The first kappa shape index (κ1) is 20.0. The largest absolute Gasteiger partial charge is 0.378 e. The van der Waals surface area contributed by atoms with Crippen molar-refractivity contribution in [1.82, 2.24) is 11.6 Å². The van der Waals surface area contributed by atoms with Gasteiger partial charge in [-0.05, 0) is 52.9 Å². The molecule has 1 fully saturated rings. The van der Waals surface area contributed by atoms with Crippen molar-refractivity contribution in [3.63, 3.8) is 0 Å². The van der Waals surface area contributed by atoms with Crippen LogP contribution in [0.25, 0.3) is 0 Å². The number of benzene rings is 2. The molecule has 0 bridgehead atoms. The van der Waals surface area contributed by atoms with Gasteiger partial charge in [-0.2, -0.15) is 5.43 Å². The lowest BCUT2D eigenvalue weighted by molar-refractivity contribution is 0.122. The zero-order valence-corrected chi connectivity index (χ0v) is 16.9. The van der Waals surface area contributed by atoms with E-state index in [2.05, 4.69) is 37.9 Å². The SMILES string of the molecule is N.NC1(c2ccc(N3CCOCC3)cc2)N=CN(c2ccc(I)cc2F)N1. The highest BCUT2D eigenvalue weighted by Gasteiger charge is 2.34. The number of rotatable bonds is 3. The molecule has 6 N–H and O–H groups in total. The lowest BCUT2D eigenvalue weighted by Crippen LogP contribution is -2.51. The van der Waals surface area contributed by atoms with Crippen LogP contribution in [0.4, 0.5) is 15.8 Å². The third-order valence-corrected chi connectivity index (χ3v) is 5.19. The van der Waals surface area contributed by atoms with Crippen LogP contribution >= 0.6 is 22.6 Å². The summed E-state index contributed by atoms with van der Waals surface area (Å²) in [4.78, 5) is 6.64. The van der Waals surface area contributed by atoms with E-state index in [1.807, 2.05) is 30.3 Å². The van der Waals surface area contributed by atoms with Crippen molar-refractivity contribution in [2.75, 3.05) is 36.2 Å². The maximum atomic E-state index is 14.2. The molecule has 2 aliphatic rings. The molecule has 0 saturated carbocycles. The van der Waals surface area contributed by atoms with Gasteiger partial charge < -0.3 is 15.8 Å². The zero-order chi connectivity index (χ0) is 18.1. The normalized spacial score (nSPS) is 22.0.